The van der Waals surface area contributed by atoms with Gasteiger partial charge in [0.05, 0.1) is 6.61 Å². The van der Waals surface area contributed by atoms with E-state index in [-0.39, 0.29) is 0 Å². The first-order chi connectivity index (χ1) is 8.06. The average molecular weight is 235 g/mol. The van der Waals surface area contributed by atoms with Crippen molar-refractivity contribution >= 4 is 0 Å². The van der Waals surface area contributed by atoms with E-state index in [1.807, 2.05) is 6.92 Å². The maximum atomic E-state index is 5.77. The second kappa shape index (κ2) is 6.65. The van der Waals surface area contributed by atoms with Gasteiger partial charge in [0.2, 0.25) is 0 Å². The monoisotopic (exact) mass is 235 g/mol. The molecular weight excluding hydrogens is 210 g/mol. The van der Waals surface area contributed by atoms with Crippen molar-refractivity contribution < 1.29 is 4.74 Å². The van der Waals surface area contributed by atoms with Crippen molar-refractivity contribution in [3.05, 3.63) is 28.8 Å². The zero-order valence-corrected chi connectivity index (χ0v) is 11.8. The zero-order chi connectivity index (χ0) is 12.8. The number of hydrogen-bond donors (Lipinski definition) is 1. The fourth-order valence-electron chi connectivity index (χ4n) is 1.83. The van der Waals surface area contributed by atoms with Crippen LogP contribution in [0.4, 0.5) is 0 Å². The Morgan fingerprint density at radius 3 is 2.53 bits per heavy atom. The van der Waals surface area contributed by atoms with Gasteiger partial charge in [0.15, 0.2) is 0 Å². The molecule has 0 spiro atoms. The molecule has 96 valence electrons. The summed E-state index contributed by atoms with van der Waals surface area (Å²) in [5, 5.41) is 3.47. The van der Waals surface area contributed by atoms with Gasteiger partial charge in [-0.1, -0.05) is 26.0 Å². The maximum absolute atomic E-state index is 5.77. The van der Waals surface area contributed by atoms with Crippen molar-refractivity contribution in [3.63, 3.8) is 0 Å². The lowest BCUT2D eigenvalue weighted by molar-refractivity contribution is 0.332. The molecule has 0 amide bonds. The molecule has 0 fully saturated rings. The zero-order valence-electron chi connectivity index (χ0n) is 11.8. The van der Waals surface area contributed by atoms with Gasteiger partial charge in [0, 0.05) is 12.1 Å². The molecule has 0 saturated carbocycles. The highest BCUT2D eigenvalue weighted by molar-refractivity contribution is 5.45. The molecule has 2 heteroatoms. The molecule has 0 atom stereocenters. The summed E-state index contributed by atoms with van der Waals surface area (Å²) in [6, 6.07) is 4.34. The van der Waals surface area contributed by atoms with E-state index in [0.717, 1.165) is 25.4 Å². The van der Waals surface area contributed by atoms with Gasteiger partial charge in [0.25, 0.3) is 0 Å². The van der Waals surface area contributed by atoms with Crippen LogP contribution < -0.4 is 10.1 Å². The minimum absolute atomic E-state index is 0.678. The van der Waals surface area contributed by atoms with Gasteiger partial charge in [-0.15, -0.1) is 0 Å². The predicted molar refractivity (Wildman–Crippen MR) is 73.6 cm³/mol. The number of nitrogens with one attached hydrogen (secondary N) is 1. The van der Waals surface area contributed by atoms with Crippen molar-refractivity contribution in [2.24, 2.45) is 5.92 Å². The van der Waals surface area contributed by atoms with Crippen molar-refractivity contribution in [3.8, 4) is 5.75 Å². The van der Waals surface area contributed by atoms with Gasteiger partial charge in [-0.25, -0.2) is 0 Å². The van der Waals surface area contributed by atoms with Gasteiger partial charge in [-0.3, -0.25) is 0 Å². The van der Waals surface area contributed by atoms with E-state index in [4.69, 9.17) is 4.74 Å². The van der Waals surface area contributed by atoms with Gasteiger partial charge in [-0.2, -0.15) is 0 Å². The van der Waals surface area contributed by atoms with Crippen molar-refractivity contribution in [2.45, 2.75) is 41.2 Å². The normalized spacial score (nSPS) is 10.9. The van der Waals surface area contributed by atoms with E-state index in [0.29, 0.717) is 5.92 Å². The summed E-state index contributed by atoms with van der Waals surface area (Å²) in [5.74, 6) is 1.74. The van der Waals surface area contributed by atoms with Crippen LogP contribution in [-0.4, -0.2) is 13.2 Å². The van der Waals surface area contributed by atoms with E-state index < -0.39 is 0 Å². The molecule has 0 aliphatic rings. The van der Waals surface area contributed by atoms with Crippen LogP contribution in [0.25, 0.3) is 0 Å². The summed E-state index contributed by atoms with van der Waals surface area (Å²) in [7, 11) is 0. The van der Waals surface area contributed by atoms with E-state index in [2.05, 4.69) is 45.1 Å². The van der Waals surface area contributed by atoms with Gasteiger partial charge in [0.1, 0.15) is 5.75 Å². The Labute approximate surface area is 105 Å². The Morgan fingerprint density at radius 2 is 1.94 bits per heavy atom. The fourth-order valence-corrected chi connectivity index (χ4v) is 1.83. The summed E-state index contributed by atoms with van der Waals surface area (Å²) in [6.45, 7) is 13.4. The second-order valence-electron chi connectivity index (χ2n) is 4.95. The first-order valence-electron chi connectivity index (χ1n) is 6.48. The molecule has 0 radical (unpaired) electrons. The maximum Gasteiger partial charge on any atom is 0.126 e. The summed E-state index contributed by atoms with van der Waals surface area (Å²) in [5.41, 5.74) is 3.81. The molecule has 17 heavy (non-hydrogen) atoms. The van der Waals surface area contributed by atoms with Crippen LogP contribution in [0.1, 0.15) is 37.5 Å². The fraction of sp³-hybridized carbons (Fsp3) is 0.600. The summed E-state index contributed by atoms with van der Waals surface area (Å²) < 4.78 is 5.77. The third-order valence-electron chi connectivity index (χ3n) is 2.91. The number of ether oxygens (including phenoxy) is 1. The molecule has 0 aliphatic carbocycles. The topological polar surface area (TPSA) is 21.3 Å². The molecule has 1 rings (SSSR count). The third-order valence-corrected chi connectivity index (χ3v) is 2.91. The smallest absolute Gasteiger partial charge is 0.126 e. The van der Waals surface area contributed by atoms with Gasteiger partial charge < -0.3 is 10.1 Å². The van der Waals surface area contributed by atoms with E-state index in [1.165, 1.54) is 16.7 Å². The minimum Gasteiger partial charge on any atom is -0.493 e. The number of aryl methyl sites for hydroxylation is 1. The molecular formula is C15H25NO. The number of hydrogen-bond acceptors (Lipinski definition) is 2. The molecule has 1 N–H and O–H groups in total. The van der Waals surface area contributed by atoms with Crippen LogP contribution in [-0.2, 0) is 6.54 Å². The van der Waals surface area contributed by atoms with Gasteiger partial charge in [-0.05, 0) is 44.4 Å². The molecule has 0 heterocycles. The van der Waals surface area contributed by atoms with Gasteiger partial charge >= 0.3 is 0 Å². The average Bonchev–Trinajstić information content (AvgIpc) is 2.27. The van der Waals surface area contributed by atoms with Crippen LogP contribution in [0.3, 0.4) is 0 Å². The van der Waals surface area contributed by atoms with Crippen molar-refractivity contribution in [1.82, 2.24) is 5.32 Å². The highest BCUT2D eigenvalue weighted by Gasteiger charge is 2.08. The van der Waals surface area contributed by atoms with Crippen LogP contribution in [0.15, 0.2) is 12.1 Å². The largest absolute Gasteiger partial charge is 0.493 e. The van der Waals surface area contributed by atoms with Crippen molar-refractivity contribution in [1.29, 1.82) is 0 Å². The Kier molecular flexibility index (Phi) is 5.49. The SMILES string of the molecule is CCOc1c(CNCC(C)C)ccc(C)c1C. The number of rotatable bonds is 6. The summed E-state index contributed by atoms with van der Waals surface area (Å²) in [4.78, 5) is 0. The van der Waals surface area contributed by atoms with Crippen LogP contribution in [0.5, 0.6) is 5.75 Å². The van der Waals surface area contributed by atoms with Crippen LogP contribution in [0, 0.1) is 19.8 Å². The van der Waals surface area contributed by atoms with E-state index in [9.17, 15) is 0 Å². The molecule has 0 aliphatic heterocycles. The number of benzene rings is 1. The predicted octanol–water partition coefficient (Wildman–Crippen LogP) is 3.45. The Bertz CT molecular complexity index is 358. The van der Waals surface area contributed by atoms with Crippen LogP contribution >= 0.6 is 0 Å². The molecule has 0 unspecified atom stereocenters. The summed E-state index contributed by atoms with van der Waals surface area (Å²) >= 11 is 0. The van der Waals surface area contributed by atoms with Crippen molar-refractivity contribution in [2.75, 3.05) is 13.2 Å². The quantitative estimate of drug-likeness (QED) is 0.815. The Balaban J connectivity index is 2.79. The highest BCUT2D eigenvalue weighted by atomic mass is 16.5. The third kappa shape index (κ3) is 4.04. The second-order valence-corrected chi connectivity index (χ2v) is 4.95. The van der Waals surface area contributed by atoms with Crippen LogP contribution in [0.2, 0.25) is 0 Å². The molecule has 0 aromatic heterocycles. The minimum atomic E-state index is 0.678. The molecule has 0 bridgehead atoms. The molecule has 0 saturated heterocycles. The molecule has 1 aromatic rings. The molecule has 1 aromatic carbocycles. The first-order valence-corrected chi connectivity index (χ1v) is 6.48. The highest BCUT2D eigenvalue weighted by Crippen LogP contribution is 2.26. The lowest BCUT2D eigenvalue weighted by Gasteiger charge is -2.16. The Hall–Kier alpha value is -1.02. The van der Waals surface area contributed by atoms with E-state index >= 15 is 0 Å². The van der Waals surface area contributed by atoms with E-state index in [1.54, 1.807) is 0 Å². The standard InChI is InChI=1S/C15H25NO/c1-6-17-15-13(5)12(4)7-8-14(15)10-16-9-11(2)3/h7-8,11,16H,6,9-10H2,1-5H3. The Morgan fingerprint density at radius 1 is 1.24 bits per heavy atom. The lowest BCUT2D eigenvalue weighted by Crippen LogP contribution is -2.19. The lowest BCUT2D eigenvalue weighted by atomic mass is 10.0. The molecule has 2 nitrogen and oxygen atoms in total. The summed E-state index contributed by atoms with van der Waals surface area (Å²) in [6.07, 6.45) is 0. The first kappa shape index (κ1) is 14.0.